The molecule has 0 saturated carbocycles. The topological polar surface area (TPSA) is 76.6 Å². The molecule has 33 heavy (non-hydrogen) atoms. The molecule has 0 spiro atoms. The van der Waals surface area contributed by atoms with Crippen LogP contribution in [0.3, 0.4) is 0 Å². The number of nitrogens with zero attached hydrogens (tertiary/aromatic N) is 3. The van der Waals surface area contributed by atoms with E-state index < -0.39 is 5.97 Å². The second-order valence-electron chi connectivity index (χ2n) is 8.02. The van der Waals surface area contributed by atoms with Crippen molar-refractivity contribution < 1.29 is 14.7 Å². The summed E-state index contributed by atoms with van der Waals surface area (Å²) in [4.78, 5) is 28.0. The Balaban J connectivity index is 0.000000196. The number of hydrogen-bond donors (Lipinski definition) is 1. The zero-order valence-corrected chi connectivity index (χ0v) is 19.0. The molecule has 0 bridgehead atoms. The zero-order chi connectivity index (χ0) is 23.7. The molecule has 166 valence electrons. The van der Waals surface area contributed by atoms with Crippen LogP contribution in [-0.2, 0) is 7.05 Å². The van der Waals surface area contributed by atoms with Crippen molar-refractivity contribution in [2.75, 3.05) is 0 Å². The number of para-hydroxylation sites is 1. The van der Waals surface area contributed by atoms with Crippen LogP contribution < -0.4 is 0 Å². The molecule has 0 radical (unpaired) electrons. The van der Waals surface area contributed by atoms with Gasteiger partial charge >= 0.3 is 5.97 Å². The molecular formula is C27H25N3O3. The summed E-state index contributed by atoms with van der Waals surface area (Å²) < 4.78 is 4.09. The van der Waals surface area contributed by atoms with Gasteiger partial charge in [-0.1, -0.05) is 24.3 Å². The van der Waals surface area contributed by atoms with Crippen LogP contribution in [0.5, 0.6) is 0 Å². The van der Waals surface area contributed by atoms with Crippen molar-refractivity contribution in [3.63, 3.8) is 0 Å². The maximum Gasteiger partial charge on any atom is 0.338 e. The number of carbonyl (C=O) groups excluding carboxylic acids is 1. The van der Waals surface area contributed by atoms with Gasteiger partial charge in [-0.15, -0.1) is 0 Å². The highest BCUT2D eigenvalue weighted by molar-refractivity contribution is 6.20. The summed E-state index contributed by atoms with van der Waals surface area (Å²) in [5.41, 5.74) is 6.40. The fourth-order valence-corrected chi connectivity index (χ4v) is 4.10. The summed E-state index contributed by atoms with van der Waals surface area (Å²) in [6.07, 6.45) is 6.87. The van der Waals surface area contributed by atoms with Gasteiger partial charge in [0, 0.05) is 59.5 Å². The number of fused-ring (bicyclic) bond motifs is 2. The maximum atomic E-state index is 12.9. The summed E-state index contributed by atoms with van der Waals surface area (Å²) >= 11 is 0. The number of benzene rings is 1. The maximum absolute atomic E-state index is 12.9. The van der Waals surface area contributed by atoms with Crippen LogP contribution in [0.15, 0.2) is 73.3 Å². The Bertz CT molecular complexity index is 1510. The van der Waals surface area contributed by atoms with Crippen LogP contribution in [0.4, 0.5) is 0 Å². The van der Waals surface area contributed by atoms with E-state index in [0.717, 1.165) is 16.6 Å². The lowest BCUT2D eigenvalue weighted by Gasteiger charge is -2.05. The molecule has 4 heterocycles. The van der Waals surface area contributed by atoms with Crippen molar-refractivity contribution in [2.45, 2.75) is 20.8 Å². The smallest absolute Gasteiger partial charge is 0.338 e. The minimum Gasteiger partial charge on any atom is -0.478 e. The van der Waals surface area contributed by atoms with Gasteiger partial charge in [0.25, 0.3) is 0 Å². The van der Waals surface area contributed by atoms with Gasteiger partial charge in [0.15, 0.2) is 5.78 Å². The average molecular weight is 440 g/mol. The Morgan fingerprint density at radius 1 is 0.909 bits per heavy atom. The first-order chi connectivity index (χ1) is 15.8. The van der Waals surface area contributed by atoms with E-state index in [4.69, 9.17) is 0 Å². The molecule has 1 aromatic carbocycles. The van der Waals surface area contributed by atoms with Gasteiger partial charge in [0.2, 0.25) is 0 Å². The largest absolute Gasteiger partial charge is 0.478 e. The van der Waals surface area contributed by atoms with Crippen LogP contribution in [0.2, 0.25) is 0 Å². The summed E-state index contributed by atoms with van der Waals surface area (Å²) in [6, 6.07) is 15.3. The number of hydrogen-bond acceptors (Lipinski definition) is 3. The van der Waals surface area contributed by atoms with E-state index in [9.17, 15) is 14.7 Å². The van der Waals surface area contributed by atoms with Crippen molar-refractivity contribution in [1.82, 2.24) is 14.0 Å². The van der Waals surface area contributed by atoms with Crippen LogP contribution in [0, 0.1) is 20.8 Å². The molecule has 0 unspecified atom stereocenters. The SMILES string of the molecule is Cc1c(C(=O)c2ccncc2C(=O)O)c2ccccc2n1C.Cc1cn2ccccc2c1C. The Morgan fingerprint density at radius 2 is 1.61 bits per heavy atom. The van der Waals surface area contributed by atoms with Gasteiger partial charge in [-0.2, -0.15) is 0 Å². The fraction of sp³-hybridized carbons (Fsp3) is 0.148. The highest BCUT2D eigenvalue weighted by Gasteiger charge is 2.23. The molecule has 6 heteroatoms. The van der Waals surface area contributed by atoms with Crippen LogP contribution in [0.25, 0.3) is 16.4 Å². The van der Waals surface area contributed by atoms with Crippen molar-refractivity contribution in [1.29, 1.82) is 0 Å². The summed E-state index contributed by atoms with van der Waals surface area (Å²) in [7, 11) is 1.89. The lowest BCUT2D eigenvalue weighted by Crippen LogP contribution is -2.11. The van der Waals surface area contributed by atoms with Gasteiger partial charge < -0.3 is 14.1 Å². The Morgan fingerprint density at radius 3 is 2.33 bits per heavy atom. The second kappa shape index (κ2) is 8.74. The molecule has 0 amide bonds. The molecule has 4 aromatic heterocycles. The van der Waals surface area contributed by atoms with E-state index in [2.05, 4.69) is 47.8 Å². The van der Waals surface area contributed by atoms with E-state index in [1.807, 2.05) is 48.9 Å². The van der Waals surface area contributed by atoms with Crippen molar-refractivity contribution in [3.05, 3.63) is 107 Å². The first kappa shape index (κ1) is 22.0. The Labute approximate surface area is 191 Å². The van der Waals surface area contributed by atoms with Crippen molar-refractivity contribution in [2.24, 2.45) is 7.05 Å². The third-order valence-electron chi connectivity index (χ3n) is 6.12. The lowest BCUT2D eigenvalue weighted by atomic mass is 9.98. The monoisotopic (exact) mass is 439 g/mol. The predicted molar refractivity (Wildman–Crippen MR) is 129 cm³/mol. The predicted octanol–water partition coefficient (Wildman–Crippen LogP) is 5.37. The quantitative estimate of drug-likeness (QED) is 0.384. The number of carboxylic acids is 1. The summed E-state index contributed by atoms with van der Waals surface area (Å²) in [5.74, 6) is -1.46. The number of aryl methyl sites for hydroxylation is 3. The standard InChI is InChI=1S/C17H14N2O3.C10H11N/c1-10-15(12-5-3-4-6-14(12)19(10)2)16(20)11-7-8-18-9-13(11)17(21)22;1-8-7-11-6-4-3-5-10(11)9(8)2/h3-9H,1-2H3,(H,21,22);3-7H,1-2H3. The van der Waals surface area contributed by atoms with E-state index in [1.165, 1.54) is 35.1 Å². The van der Waals surface area contributed by atoms with Crippen LogP contribution >= 0.6 is 0 Å². The molecule has 1 N–H and O–H groups in total. The van der Waals surface area contributed by atoms with E-state index in [0.29, 0.717) is 5.56 Å². The number of aromatic nitrogens is 3. The molecule has 5 rings (SSSR count). The number of carbonyl (C=O) groups is 2. The minimum atomic E-state index is -1.16. The molecule has 0 aliphatic rings. The fourth-order valence-electron chi connectivity index (χ4n) is 4.10. The Hall–Kier alpha value is -4.19. The summed E-state index contributed by atoms with van der Waals surface area (Å²) in [5, 5.41) is 10.1. The number of aromatic carboxylic acids is 1. The minimum absolute atomic E-state index is 0.0835. The van der Waals surface area contributed by atoms with Crippen LogP contribution in [-0.4, -0.2) is 30.8 Å². The third-order valence-corrected chi connectivity index (χ3v) is 6.12. The third kappa shape index (κ3) is 3.91. The summed E-state index contributed by atoms with van der Waals surface area (Å²) in [6.45, 7) is 6.15. The van der Waals surface area contributed by atoms with Crippen molar-refractivity contribution >= 4 is 28.2 Å². The number of pyridine rings is 2. The van der Waals surface area contributed by atoms with E-state index in [-0.39, 0.29) is 16.9 Å². The van der Waals surface area contributed by atoms with E-state index in [1.54, 1.807) is 0 Å². The first-order valence-electron chi connectivity index (χ1n) is 10.6. The zero-order valence-electron chi connectivity index (χ0n) is 19.0. The molecular weight excluding hydrogens is 414 g/mol. The molecule has 0 atom stereocenters. The number of carboxylic acid groups (broad SMARTS) is 1. The normalized spacial score (nSPS) is 10.8. The molecule has 0 aliphatic heterocycles. The van der Waals surface area contributed by atoms with Crippen LogP contribution in [0.1, 0.15) is 43.1 Å². The van der Waals surface area contributed by atoms with Gasteiger partial charge in [-0.3, -0.25) is 9.78 Å². The van der Waals surface area contributed by atoms with E-state index >= 15 is 0 Å². The van der Waals surface area contributed by atoms with Gasteiger partial charge in [0.1, 0.15) is 0 Å². The van der Waals surface area contributed by atoms with Gasteiger partial charge in [-0.25, -0.2) is 4.79 Å². The van der Waals surface area contributed by atoms with Crippen molar-refractivity contribution in [3.8, 4) is 0 Å². The number of ketones is 1. The molecule has 0 aliphatic carbocycles. The lowest BCUT2D eigenvalue weighted by molar-refractivity contribution is 0.0692. The molecule has 6 nitrogen and oxygen atoms in total. The van der Waals surface area contributed by atoms with Gasteiger partial charge in [-0.05, 0) is 56.2 Å². The highest BCUT2D eigenvalue weighted by Crippen LogP contribution is 2.27. The number of rotatable bonds is 3. The average Bonchev–Trinajstić information content (AvgIpc) is 3.26. The molecule has 0 fully saturated rings. The Kier molecular flexibility index (Phi) is 5.84. The second-order valence-corrected chi connectivity index (χ2v) is 8.02. The highest BCUT2D eigenvalue weighted by atomic mass is 16.4. The first-order valence-corrected chi connectivity index (χ1v) is 10.6. The van der Waals surface area contributed by atoms with Gasteiger partial charge in [0.05, 0.1) is 11.1 Å². The molecule has 5 aromatic rings. The molecule has 0 saturated heterocycles.